The maximum atomic E-state index is 6.42. The summed E-state index contributed by atoms with van der Waals surface area (Å²) in [5, 5.41) is 0. The van der Waals surface area contributed by atoms with Crippen LogP contribution in [0, 0.1) is 0 Å². The molecule has 0 bridgehead atoms. The van der Waals surface area contributed by atoms with Crippen LogP contribution in [0.4, 0.5) is 0 Å². The van der Waals surface area contributed by atoms with Crippen LogP contribution in [0.5, 0.6) is 0 Å². The highest BCUT2D eigenvalue weighted by atomic mass is 15.2. The normalized spacial score (nSPS) is 16.9. The van der Waals surface area contributed by atoms with Gasteiger partial charge in [0, 0.05) is 18.6 Å². The van der Waals surface area contributed by atoms with Gasteiger partial charge in [0.2, 0.25) is 0 Å². The Kier molecular flexibility index (Phi) is 5.62. The zero-order valence-electron chi connectivity index (χ0n) is 13.3. The average Bonchev–Trinajstić information content (AvgIpc) is 3.27. The highest BCUT2D eigenvalue weighted by Crippen LogP contribution is 2.29. The summed E-state index contributed by atoms with van der Waals surface area (Å²) in [6.07, 6.45) is 5.28. The summed E-state index contributed by atoms with van der Waals surface area (Å²) in [6, 6.07) is 9.84. The molecule has 1 aliphatic rings. The van der Waals surface area contributed by atoms with Crippen LogP contribution in [0.2, 0.25) is 0 Å². The van der Waals surface area contributed by atoms with E-state index in [0.717, 1.165) is 12.6 Å². The molecule has 1 aromatic carbocycles. The molecule has 20 heavy (non-hydrogen) atoms. The molecule has 112 valence electrons. The van der Waals surface area contributed by atoms with E-state index < -0.39 is 0 Å². The minimum Gasteiger partial charge on any atom is -0.323 e. The molecule has 2 N–H and O–H groups in total. The van der Waals surface area contributed by atoms with Crippen molar-refractivity contribution < 1.29 is 0 Å². The van der Waals surface area contributed by atoms with Gasteiger partial charge in [0.05, 0.1) is 0 Å². The molecule has 1 aliphatic carbocycles. The first-order valence-corrected chi connectivity index (χ1v) is 8.21. The second kappa shape index (κ2) is 7.24. The van der Waals surface area contributed by atoms with Crippen molar-refractivity contribution >= 4 is 0 Å². The van der Waals surface area contributed by atoms with E-state index in [2.05, 4.69) is 49.9 Å². The Balaban J connectivity index is 1.93. The highest BCUT2D eigenvalue weighted by Gasteiger charge is 2.29. The van der Waals surface area contributed by atoms with E-state index in [1.807, 2.05) is 0 Å². The number of hydrogen-bond acceptors (Lipinski definition) is 2. The van der Waals surface area contributed by atoms with Crippen molar-refractivity contribution in [2.75, 3.05) is 13.1 Å². The third-order valence-electron chi connectivity index (χ3n) is 4.32. The number of nitrogens with two attached hydrogens (primary N) is 1. The van der Waals surface area contributed by atoms with Gasteiger partial charge < -0.3 is 5.73 Å². The smallest absolute Gasteiger partial charge is 0.0424 e. The summed E-state index contributed by atoms with van der Waals surface area (Å²) in [5.74, 6) is 0.591. The summed E-state index contributed by atoms with van der Waals surface area (Å²) in [6.45, 7) is 8.93. The molecule has 2 heteroatoms. The molecule has 0 heterocycles. The van der Waals surface area contributed by atoms with Gasteiger partial charge in [-0.3, -0.25) is 4.90 Å². The largest absolute Gasteiger partial charge is 0.323 e. The molecule has 1 saturated carbocycles. The third kappa shape index (κ3) is 4.32. The molecular formula is C18H30N2. The lowest BCUT2D eigenvalue weighted by atomic mass is 9.99. The van der Waals surface area contributed by atoms with Crippen LogP contribution in [0.1, 0.15) is 69.5 Å². The predicted molar refractivity (Wildman–Crippen MR) is 87.0 cm³/mol. The van der Waals surface area contributed by atoms with Gasteiger partial charge in [-0.05, 0) is 42.9 Å². The van der Waals surface area contributed by atoms with Gasteiger partial charge in [0.1, 0.15) is 0 Å². The molecule has 0 amide bonds. The van der Waals surface area contributed by atoms with E-state index in [1.54, 1.807) is 0 Å². The van der Waals surface area contributed by atoms with Crippen LogP contribution >= 0.6 is 0 Å². The molecule has 0 radical (unpaired) electrons. The summed E-state index contributed by atoms with van der Waals surface area (Å²) in [5.41, 5.74) is 9.09. The van der Waals surface area contributed by atoms with Gasteiger partial charge in [-0.1, -0.05) is 51.5 Å². The van der Waals surface area contributed by atoms with E-state index in [4.69, 9.17) is 5.73 Å². The fourth-order valence-electron chi connectivity index (χ4n) is 2.71. The van der Waals surface area contributed by atoms with Crippen molar-refractivity contribution in [1.82, 2.24) is 4.90 Å². The SMILES string of the molecule is CCCCN(CC(N)c1ccc(C(C)C)cc1)C1CC1. The highest BCUT2D eigenvalue weighted by molar-refractivity contribution is 5.26. The summed E-state index contributed by atoms with van der Waals surface area (Å²) in [4.78, 5) is 2.60. The van der Waals surface area contributed by atoms with Crippen molar-refractivity contribution in [1.29, 1.82) is 0 Å². The standard InChI is InChI=1S/C18H30N2/c1-4-5-12-20(17-10-11-17)13-18(19)16-8-6-15(7-9-16)14(2)3/h6-9,14,17-18H,4-5,10-13,19H2,1-3H3. The van der Waals surface area contributed by atoms with Gasteiger partial charge >= 0.3 is 0 Å². The molecule has 0 spiro atoms. The van der Waals surface area contributed by atoms with Crippen LogP contribution < -0.4 is 5.73 Å². The number of unbranched alkanes of at least 4 members (excludes halogenated alkanes) is 1. The first-order valence-electron chi connectivity index (χ1n) is 8.21. The minimum absolute atomic E-state index is 0.147. The first-order chi connectivity index (χ1) is 9.61. The van der Waals surface area contributed by atoms with Crippen LogP contribution in [0.15, 0.2) is 24.3 Å². The molecule has 1 unspecified atom stereocenters. The Morgan fingerprint density at radius 2 is 1.75 bits per heavy atom. The van der Waals surface area contributed by atoms with Gasteiger partial charge in [-0.15, -0.1) is 0 Å². The van der Waals surface area contributed by atoms with E-state index in [-0.39, 0.29) is 6.04 Å². The first kappa shape index (κ1) is 15.5. The van der Waals surface area contributed by atoms with Crippen molar-refractivity contribution in [2.24, 2.45) is 5.73 Å². The Hall–Kier alpha value is -0.860. The van der Waals surface area contributed by atoms with E-state index in [9.17, 15) is 0 Å². The fraction of sp³-hybridized carbons (Fsp3) is 0.667. The molecule has 0 saturated heterocycles. The second-order valence-corrected chi connectivity index (χ2v) is 6.51. The molecule has 2 nitrogen and oxygen atoms in total. The lowest BCUT2D eigenvalue weighted by molar-refractivity contribution is 0.244. The van der Waals surface area contributed by atoms with Gasteiger partial charge in [0.25, 0.3) is 0 Å². The lowest BCUT2D eigenvalue weighted by Gasteiger charge is -2.25. The Bertz CT molecular complexity index is 392. The quantitative estimate of drug-likeness (QED) is 0.774. The van der Waals surface area contributed by atoms with Crippen molar-refractivity contribution in [3.05, 3.63) is 35.4 Å². The summed E-state index contributed by atoms with van der Waals surface area (Å²) >= 11 is 0. The van der Waals surface area contributed by atoms with E-state index in [1.165, 1.54) is 43.4 Å². The lowest BCUT2D eigenvalue weighted by Crippen LogP contribution is -2.34. The number of nitrogens with zero attached hydrogens (tertiary/aromatic N) is 1. The van der Waals surface area contributed by atoms with Crippen molar-refractivity contribution in [3.8, 4) is 0 Å². The van der Waals surface area contributed by atoms with Gasteiger partial charge in [-0.25, -0.2) is 0 Å². The molecule has 1 fully saturated rings. The van der Waals surface area contributed by atoms with E-state index >= 15 is 0 Å². The maximum Gasteiger partial charge on any atom is 0.0424 e. The topological polar surface area (TPSA) is 29.3 Å². The number of rotatable bonds is 8. The molecule has 1 atom stereocenters. The zero-order chi connectivity index (χ0) is 14.5. The average molecular weight is 274 g/mol. The van der Waals surface area contributed by atoms with Gasteiger partial charge in [0.15, 0.2) is 0 Å². The van der Waals surface area contributed by atoms with Crippen LogP contribution in [0.25, 0.3) is 0 Å². The van der Waals surface area contributed by atoms with Crippen molar-refractivity contribution in [3.63, 3.8) is 0 Å². The molecule has 2 rings (SSSR count). The van der Waals surface area contributed by atoms with Crippen molar-refractivity contribution in [2.45, 2.75) is 64.5 Å². The van der Waals surface area contributed by atoms with Crippen LogP contribution in [0.3, 0.4) is 0 Å². The molecule has 1 aromatic rings. The molecular weight excluding hydrogens is 244 g/mol. The second-order valence-electron chi connectivity index (χ2n) is 6.51. The summed E-state index contributed by atoms with van der Waals surface area (Å²) < 4.78 is 0. The Morgan fingerprint density at radius 1 is 1.15 bits per heavy atom. The van der Waals surface area contributed by atoms with E-state index in [0.29, 0.717) is 5.92 Å². The number of benzene rings is 1. The fourth-order valence-corrected chi connectivity index (χ4v) is 2.71. The Morgan fingerprint density at radius 3 is 2.25 bits per heavy atom. The monoisotopic (exact) mass is 274 g/mol. The predicted octanol–water partition coefficient (Wildman–Crippen LogP) is 4.07. The van der Waals surface area contributed by atoms with Crippen LogP contribution in [-0.2, 0) is 0 Å². The minimum atomic E-state index is 0.147. The van der Waals surface area contributed by atoms with Crippen LogP contribution in [-0.4, -0.2) is 24.0 Å². The zero-order valence-corrected chi connectivity index (χ0v) is 13.3. The van der Waals surface area contributed by atoms with Gasteiger partial charge in [-0.2, -0.15) is 0 Å². The third-order valence-corrected chi connectivity index (χ3v) is 4.32. The molecule has 0 aromatic heterocycles. The maximum absolute atomic E-state index is 6.42. The molecule has 0 aliphatic heterocycles. The Labute approximate surface area is 124 Å². The number of hydrogen-bond donors (Lipinski definition) is 1. The summed E-state index contributed by atoms with van der Waals surface area (Å²) in [7, 11) is 0.